The number of amides is 1. The highest BCUT2D eigenvalue weighted by molar-refractivity contribution is 7.86. The first-order chi connectivity index (χ1) is 15.8. The van der Waals surface area contributed by atoms with Crippen molar-refractivity contribution in [2.24, 2.45) is 0 Å². The molecule has 4 rings (SSSR count). The predicted molar refractivity (Wildman–Crippen MR) is 124 cm³/mol. The summed E-state index contributed by atoms with van der Waals surface area (Å²) in [6, 6.07) is 7.44. The van der Waals surface area contributed by atoms with Gasteiger partial charge < -0.3 is 9.64 Å². The van der Waals surface area contributed by atoms with Crippen molar-refractivity contribution in [1.82, 2.24) is 28.5 Å². The smallest absolute Gasteiger partial charge is 0.282 e. The summed E-state index contributed by atoms with van der Waals surface area (Å²) in [7, 11) is -0.261. The molecule has 180 valence electrons. The molecule has 0 radical (unpaired) electrons. The monoisotopic (exact) mass is 476 g/mol. The molecular formula is C22H32N6O4S. The summed E-state index contributed by atoms with van der Waals surface area (Å²) in [4.78, 5) is 14.8. The van der Waals surface area contributed by atoms with Crippen LogP contribution in [0.15, 0.2) is 24.3 Å². The molecule has 10 nitrogen and oxygen atoms in total. The molecule has 1 amide bonds. The molecule has 0 atom stereocenters. The van der Waals surface area contributed by atoms with E-state index in [9.17, 15) is 13.2 Å². The van der Waals surface area contributed by atoms with Crippen LogP contribution in [0, 0.1) is 6.92 Å². The Labute approximate surface area is 195 Å². The van der Waals surface area contributed by atoms with Crippen LogP contribution in [0.25, 0.3) is 5.69 Å². The van der Waals surface area contributed by atoms with Gasteiger partial charge in [0.05, 0.1) is 18.5 Å². The minimum atomic E-state index is -3.54. The zero-order chi connectivity index (χ0) is 23.6. The third-order valence-corrected chi connectivity index (χ3v) is 8.74. The number of rotatable bonds is 6. The van der Waals surface area contributed by atoms with Crippen molar-refractivity contribution in [3.05, 3.63) is 35.7 Å². The van der Waals surface area contributed by atoms with E-state index in [0.29, 0.717) is 24.5 Å². The number of carbonyl (C=O) groups is 1. The predicted octanol–water partition coefficient (Wildman–Crippen LogP) is 1.85. The van der Waals surface area contributed by atoms with Crippen molar-refractivity contribution in [3.8, 4) is 11.4 Å². The SMILES string of the molecule is COc1cccc(-n2nnc(C(=O)N3CCN(S(=O)(=O)N(C)C4CCCCC4)CC3)c2C)c1. The van der Waals surface area contributed by atoms with E-state index < -0.39 is 10.2 Å². The molecule has 1 aliphatic heterocycles. The molecule has 2 aliphatic rings. The molecule has 0 N–H and O–H groups in total. The molecular weight excluding hydrogens is 444 g/mol. The van der Waals surface area contributed by atoms with E-state index in [1.165, 1.54) is 15.0 Å². The lowest BCUT2D eigenvalue weighted by atomic mass is 9.96. The van der Waals surface area contributed by atoms with Gasteiger partial charge in [-0.3, -0.25) is 4.79 Å². The van der Waals surface area contributed by atoms with Crippen LogP contribution >= 0.6 is 0 Å². The van der Waals surface area contributed by atoms with Gasteiger partial charge in [0.1, 0.15) is 5.75 Å². The van der Waals surface area contributed by atoms with Crippen molar-refractivity contribution in [2.75, 3.05) is 40.3 Å². The summed E-state index contributed by atoms with van der Waals surface area (Å²) in [5, 5.41) is 8.28. The lowest BCUT2D eigenvalue weighted by molar-refractivity contribution is 0.0686. The van der Waals surface area contributed by atoms with E-state index in [2.05, 4.69) is 10.3 Å². The van der Waals surface area contributed by atoms with Gasteiger partial charge >= 0.3 is 0 Å². The maximum Gasteiger partial charge on any atom is 0.282 e. The number of methoxy groups -OCH3 is 1. The van der Waals surface area contributed by atoms with Gasteiger partial charge in [-0.15, -0.1) is 5.10 Å². The van der Waals surface area contributed by atoms with Crippen LogP contribution < -0.4 is 4.74 Å². The van der Waals surface area contributed by atoms with Gasteiger partial charge in [0, 0.05) is 45.3 Å². The third kappa shape index (κ3) is 4.75. The number of hydrogen-bond donors (Lipinski definition) is 0. The highest BCUT2D eigenvalue weighted by Crippen LogP contribution is 2.25. The van der Waals surface area contributed by atoms with Gasteiger partial charge in [0.15, 0.2) is 5.69 Å². The quantitative estimate of drug-likeness (QED) is 0.631. The van der Waals surface area contributed by atoms with Crippen molar-refractivity contribution in [3.63, 3.8) is 0 Å². The summed E-state index contributed by atoms with van der Waals surface area (Å²) < 4.78 is 36.1. The Morgan fingerprint density at radius 3 is 2.48 bits per heavy atom. The van der Waals surface area contributed by atoms with Gasteiger partial charge in [-0.2, -0.15) is 17.0 Å². The zero-order valence-electron chi connectivity index (χ0n) is 19.5. The summed E-state index contributed by atoms with van der Waals surface area (Å²) in [5.41, 5.74) is 1.65. The standard InChI is InChI=1S/C22H32N6O4S/c1-17-21(23-24-28(17)19-10-7-11-20(16-19)32-3)22(29)26-12-14-27(15-13-26)33(30,31)25(2)18-8-5-4-6-9-18/h7,10-11,16,18H,4-6,8-9,12-15H2,1-3H3. The van der Waals surface area contributed by atoms with Gasteiger partial charge in [-0.25, -0.2) is 4.68 Å². The Hall–Kier alpha value is -2.50. The first-order valence-electron chi connectivity index (χ1n) is 11.4. The molecule has 1 aliphatic carbocycles. The maximum atomic E-state index is 13.1. The largest absolute Gasteiger partial charge is 0.497 e. The molecule has 0 bridgehead atoms. The van der Waals surface area contributed by atoms with E-state index in [4.69, 9.17) is 4.74 Å². The fraction of sp³-hybridized carbons (Fsp3) is 0.591. The number of aromatic nitrogens is 3. The maximum absolute atomic E-state index is 13.1. The van der Waals surface area contributed by atoms with E-state index >= 15 is 0 Å². The van der Waals surface area contributed by atoms with Gasteiger partial charge in [-0.1, -0.05) is 30.5 Å². The zero-order valence-corrected chi connectivity index (χ0v) is 20.3. The topological polar surface area (TPSA) is 101 Å². The van der Waals surface area contributed by atoms with E-state index in [0.717, 1.165) is 31.4 Å². The van der Waals surface area contributed by atoms with Crippen molar-refractivity contribution < 1.29 is 17.9 Å². The van der Waals surface area contributed by atoms with Crippen LogP contribution in [0.4, 0.5) is 0 Å². The molecule has 11 heteroatoms. The molecule has 1 saturated heterocycles. The molecule has 2 fully saturated rings. The second-order valence-corrected chi connectivity index (χ2v) is 10.6. The Balaban J connectivity index is 1.42. The normalized spacial score (nSPS) is 18.6. The molecule has 2 aromatic rings. The lowest BCUT2D eigenvalue weighted by Gasteiger charge is -2.38. The minimum Gasteiger partial charge on any atom is -0.497 e. The Morgan fingerprint density at radius 1 is 1.12 bits per heavy atom. The summed E-state index contributed by atoms with van der Waals surface area (Å²) in [5.74, 6) is 0.449. The average molecular weight is 477 g/mol. The molecule has 2 heterocycles. The van der Waals surface area contributed by atoms with E-state index in [1.54, 1.807) is 30.7 Å². The lowest BCUT2D eigenvalue weighted by Crippen LogP contribution is -2.55. The van der Waals surface area contributed by atoms with Crippen molar-refractivity contribution in [1.29, 1.82) is 0 Å². The molecule has 0 unspecified atom stereocenters. The molecule has 33 heavy (non-hydrogen) atoms. The molecule has 1 aromatic heterocycles. The number of carbonyl (C=O) groups excluding carboxylic acids is 1. The third-order valence-electron chi connectivity index (χ3n) is 6.70. The van der Waals surface area contributed by atoms with E-state index in [1.807, 2.05) is 24.3 Å². The first kappa shape index (κ1) is 23.7. The second kappa shape index (κ2) is 9.78. The summed E-state index contributed by atoms with van der Waals surface area (Å²) in [6.45, 7) is 2.99. The second-order valence-electron chi connectivity index (χ2n) is 8.64. The Kier molecular flexibility index (Phi) is 7.01. The van der Waals surface area contributed by atoms with Crippen LogP contribution in [0.3, 0.4) is 0 Å². The average Bonchev–Trinajstić information content (AvgIpc) is 3.24. The Morgan fingerprint density at radius 2 is 1.82 bits per heavy atom. The molecule has 0 spiro atoms. The number of ether oxygens (including phenoxy) is 1. The van der Waals surface area contributed by atoms with Crippen molar-refractivity contribution >= 4 is 16.1 Å². The van der Waals surface area contributed by atoms with Gasteiger partial charge in [0.25, 0.3) is 16.1 Å². The van der Waals surface area contributed by atoms with Crippen LogP contribution in [0.5, 0.6) is 5.75 Å². The van der Waals surface area contributed by atoms with Gasteiger partial charge in [-0.05, 0) is 31.9 Å². The van der Waals surface area contributed by atoms with Crippen molar-refractivity contribution in [2.45, 2.75) is 45.1 Å². The van der Waals surface area contributed by atoms with E-state index in [-0.39, 0.29) is 30.7 Å². The first-order valence-corrected chi connectivity index (χ1v) is 12.8. The molecule has 1 aromatic carbocycles. The fourth-order valence-electron chi connectivity index (χ4n) is 4.60. The highest BCUT2D eigenvalue weighted by Gasteiger charge is 2.36. The number of hydrogen-bond acceptors (Lipinski definition) is 6. The minimum absolute atomic E-state index is 0.0673. The highest BCUT2D eigenvalue weighted by atomic mass is 32.2. The number of piperazine rings is 1. The van der Waals surface area contributed by atoms with Crippen LogP contribution in [0.2, 0.25) is 0 Å². The van der Waals surface area contributed by atoms with Gasteiger partial charge in [0.2, 0.25) is 0 Å². The Bertz CT molecular complexity index is 1090. The fourth-order valence-corrected chi connectivity index (χ4v) is 6.18. The number of nitrogens with zero attached hydrogens (tertiary/aromatic N) is 6. The van der Waals surface area contributed by atoms with Crippen LogP contribution in [-0.2, 0) is 10.2 Å². The molecule has 1 saturated carbocycles. The summed E-state index contributed by atoms with van der Waals surface area (Å²) in [6.07, 6.45) is 5.14. The number of benzene rings is 1. The van der Waals surface area contributed by atoms with Crippen LogP contribution in [-0.4, -0.2) is 89.2 Å². The van der Waals surface area contributed by atoms with Crippen LogP contribution in [0.1, 0.15) is 48.3 Å². The summed E-state index contributed by atoms with van der Waals surface area (Å²) >= 11 is 0.